The molecule has 0 aromatic heterocycles. The summed E-state index contributed by atoms with van der Waals surface area (Å²) in [6.45, 7) is 2.48. The summed E-state index contributed by atoms with van der Waals surface area (Å²) in [5.41, 5.74) is 0. The molecular weight excluding hydrogens is 256 g/mol. The Balaban J connectivity index is 1.93. The van der Waals surface area contributed by atoms with Crippen LogP contribution in [0.25, 0.3) is 0 Å². The predicted molar refractivity (Wildman–Crippen MR) is 77.7 cm³/mol. The van der Waals surface area contributed by atoms with Gasteiger partial charge in [0.15, 0.2) is 0 Å². The first-order valence-corrected chi connectivity index (χ1v) is 7.30. The lowest BCUT2D eigenvalue weighted by atomic mass is 10.1. The normalized spacial score (nSPS) is 10.1. The van der Waals surface area contributed by atoms with E-state index < -0.39 is 6.16 Å². The third-order valence-electron chi connectivity index (χ3n) is 2.86. The molecule has 1 aromatic rings. The average Bonchev–Trinajstić information content (AvgIpc) is 2.47. The van der Waals surface area contributed by atoms with Gasteiger partial charge in [0.2, 0.25) is 6.79 Å². The van der Waals surface area contributed by atoms with Gasteiger partial charge in [-0.2, -0.15) is 0 Å². The highest BCUT2D eigenvalue weighted by Crippen LogP contribution is 2.08. The number of carbonyl (C=O) groups excluding carboxylic acids is 1. The molecule has 0 unspecified atom stereocenters. The van der Waals surface area contributed by atoms with Crippen LogP contribution in [0.5, 0.6) is 5.75 Å². The van der Waals surface area contributed by atoms with Crippen LogP contribution < -0.4 is 4.74 Å². The summed E-state index contributed by atoms with van der Waals surface area (Å²) in [4.78, 5) is 11.2. The van der Waals surface area contributed by atoms with Crippen molar-refractivity contribution in [2.24, 2.45) is 0 Å². The van der Waals surface area contributed by atoms with E-state index in [9.17, 15) is 4.79 Å². The van der Waals surface area contributed by atoms with Crippen molar-refractivity contribution in [1.29, 1.82) is 0 Å². The van der Waals surface area contributed by atoms with Crippen molar-refractivity contribution >= 4 is 6.16 Å². The summed E-state index contributed by atoms with van der Waals surface area (Å²) in [7, 11) is 0. The lowest BCUT2D eigenvalue weighted by Crippen LogP contribution is -2.12. The predicted octanol–water partition coefficient (Wildman–Crippen LogP) is 4.54. The highest BCUT2D eigenvalue weighted by atomic mass is 16.8. The van der Waals surface area contributed by atoms with Crippen LogP contribution in [0.15, 0.2) is 30.3 Å². The molecular formula is C16H24O4. The number of hydrogen-bond donors (Lipinski definition) is 0. The van der Waals surface area contributed by atoms with Gasteiger partial charge in [0.1, 0.15) is 5.75 Å². The minimum absolute atomic E-state index is 0.126. The van der Waals surface area contributed by atoms with E-state index in [4.69, 9.17) is 14.2 Å². The number of ether oxygens (including phenoxy) is 3. The van der Waals surface area contributed by atoms with Gasteiger partial charge in [0.05, 0.1) is 6.61 Å². The van der Waals surface area contributed by atoms with E-state index in [1.54, 1.807) is 12.1 Å². The van der Waals surface area contributed by atoms with Gasteiger partial charge < -0.3 is 14.2 Å². The van der Waals surface area contributed by atoms with Crippen LogP contribution in [-0.2, 0) is 9.47 Å². The maximum atomic E-state index is 11.2. The minimum Gasteiger partial charge on any atom is -0.457 e. The maximum absolute atomic E-state index is 11.2. The zero-order valence-corrected chi connectivity index (χ0v) is 12.2. The van der Waals surface area contributed by atoms with Crippen molar-refractivity contribution in [1.82, 2.24) is 0 Å². The van der Waals surface area contributed by atoms with Crippen LogP contribution in [0.2, 0.25) is 0 Å². The van der Waals surface area contributed by atoms with Crippen molar-refractivity contribution in [2.75, 3.05) is 13.4 Å². The highest BCUT2D eigenvalue weighted by molar-refractivity contribution is 5.59. The number of hydrogen-bond acceptors (Lipinski definition) is 4. The fraction of sp³-hybridized carbons (Fsp3) is 0.562. The lowest BCUT2D eigenvalue weighted by molar-refractivity contribution is 0.00406. The number of carbonyl (C=O) groups is 1. The minimum atomic E-state index is -0.672. The van der Waals surface area contributed by atoms with Gasteiger partial charge in [-0.15, -0.1) is 0 Å². The van der Waals surface area contributed by atoms with Crippen molar-refractivity contribution in [2.45, 2.75) is 45.4 Å². The van der Waals surface area contributed by atoms with E-state index in [1.165, 1.54) is 25.7 Å². The Hall–Kier alpha value is -1.71. The molecule has 0 aliphatic carbocycles. The quantitative estimate of drug-likeness (QED) is 0.358. The van der Waals surface area contributed by atoms with Crippen LogP contribution in [0.3, 0.4) is 0 Å². The van der Waals surface area contributed by atoms with E-state index >= 15 is 0 Å². The van der Waals surface area contributed by atoms with E-state index in [-0.39, 0.29) is 6.79 Å². The Morgan fingerprint density at radius 1 is 0.950 bits per heavy atom. The van der Waals surface area contributed by atoms with Crippen LogP contribution in [0, 0.1) is 0 Å². The SMILES string of the molecule is CCCCCCCCOC(=O)OCOc1ccccc1. The second kappa shape index (κ2) is 11.1. The van der Waals surface area contributed by atoms with Crippen LogP contribution in [0.4, 0.5) is 4.79 Å². The molecule has 20 heavy (non-hydrogen) atoms. The summed E-state index contributed by atoms with van der Waals surface area (Å²) < 4.78 is 15.0. The van der Waals surface area contributed by atoms with Gasteiger partial charge >= 0.3 is 6.16 Å². The Labute approximate surface area is 121 Å². The Morgan fingerprint density at radius 2 is 1.65 bits per heavy atom. The third-order valence-corrected chi connectivity index (χ3v) is 2.86. The molecule has 0 N–H and O–H groups in total. The third kappa shape index (κ3) is 8.40. The van der Waals surface area contributed by atoms with Crippen LogP contribution in [-0.4, -0.2) is 19.6 Å². The smallest absolute Gasteiger partial charge is 0.457 e. The molecule has 4 nitrogen and oxygen atoms in total. The molecule has 4 heteroatoms. The molecule has 0 bridgehead atoms. The Morgan fingerprint density at radius 3 is 2.40 bits per heavy atom. The monoisotopic (exact) mass is 280 g/mol. The molecule has 0 aliphatic heterocycles. The average molecular weight is 280 g/mol. The van der Waals surface area contributed by atoms with E-state index in [0.29, 0.717) is 12.4 Å². The maximum Gasteiger partial charge on any atom is 0.511 e. The van der Waals surface area contributed by atoms with E-state index in [1.807, 2.05) is 18.2 Å². The molecule has 0 fully saturated rings. The molecule has 112 valence electrons. The Kier molecular flexibility index (Phi) is 9.11. The first kappa shape index (κ1) is 16.3. The molecule has 0 heterocycles. The summed E-state index contributed by atoms with van der Waals surface area (Å²) in [5.74, 6) is 0.663. The first-order valence-electron chi connectivity index (χ1n) is 7.30. The fourth-order valence-electron chi connectivity index (χ4n) is 1.74. The van der Waals surface area contributed by atoms with Crippen molar-refractivity contribution < 1.29 is 19.0 Å². The molecule has 1 rings (SSSR count). The van der Waals surface area contributed by atoms with E-state index in [0.717, 1.165) is 12.8 Å². The van der Waals surface area contributed by atoms with Gasteiger partial charge in [-0.05, 0) is 18.6 Å². The molecule has 0 amide bonds. The van der Waals surface area contributed by atoms with Gasteiger partial charge in [-0.25, -0.2) is 4.79 Å². The zero-order valence-electron chi connectivity index (χ0n) is 12.2. The number of para-hydroxylation sites is 1. The molecule has 0 aliphatic rings. The van der Waals surface area contributed by atoms with Gasteiger partial charge in [0.25, 0.3) is 0 Å². The van der Waals surface area contributed by atoms with Crippen LogP contribution >= 0.6 is 0 Å². The summed E-state index contributed by atoms with van der Waals surface area (Å²) >= 11 is 0. The zero-order chi connectivity index (χ0) is 14.5. The lowest BCUT2D eigenvalue weighted by Gasteiger charge is -2.07. The summed E-state index contributed by atoms with van der Waals surface area (Å²) in [6.07, 6.45) is 6.28. The standard InChI is InChI=1S/C16H24O4/c1-2-3-4-5-6-10-13-18-16(17)20-14-19-15-11-8-7-9-12-15/h7-9,11-12H,2-6,10,13-14H2,1H3. The second-order valence-electron chi connectivity index (χ2n) is 4.59. The summed E-state index contributed by atoms with van der Waals surface area (Å²) in [6, 6.07) is 9.19. The molecule has 0 spiro atoms. The van der Waals surface area contributed by atoms with Gasteiger partial charge in [0, 0.05) is 0 Å². The van der Waals surface area contributed by atoms with Crippen molar-refractivity contribution in [3.05, 3.63) is 30.3 Å². The fourth-order valence-corrected chi connectivity index (χ4v) is 1.74. The Bertz CT molecular complexity index is 351. The van der Waals surface area contributed by atoms with Crippen molar-refractivity contribution in [3.8, 4) is 5.75 Å². The van der Waals surface area contributed by atoms with E-state index in [2.05, 4.69) is 6.92 Å². The van der Waals surface area contributed by atoms with Crippen molar-refractivity contribution in [3.63, 3.8) is 0 Å². The summed E-state index contributed by atoms with van der Waals surface area (Å²) in [5, 5.41) is 0. The topological polar surface area (TPSA) is 44.8 Å². The molecule has 1 aromatic carbocycles. The highest BCUT2D eigenvalue weighted by Gasteiger charge is 2.03. The molecule has 0 radical (unpaired) electrons. The number of rotatable bonds is 10. The number of benzene rings is 1. The van der Waals surface area contributed by atoms with Gasteiger partial charge in [-0.1, -0.05) is 57.2 Å². The molecule has 0 saturated heterocycles. The molecule has 0 atom stereocenters. The number of unbranched alkanes of at least 4 members (excludes halogenated alkanes) is 5. The van der Waals surface area contributed by atoms with Crippen LogP contribution in [0.1, 0.15) is 45.4 Å². The van der Waals surface area contributed by atoms with Gasteiger partial charge in [-0.3, -0.25) is 0 Å². The second-order valence-corrected chi connectivity index (χ2v) is 4.59. The molecule has 0 saturated carbocycles. The largest absolute Gasteiger partial charge is 0.511 e. The first-order chi connectivity index (χ1) is 9.83.